The number of carbonyl (C=O) groups is 2. The predicted molar refractivity (Wildman–Crippen MR) is 173 cm³/mol. The number of carboxylic acid groups (broad SMARTS) is 1. The summed E-state index contributed by atoms with van der Waals surface area (Å²) in [6, 6.07) is 21.2. The lowest BCUT2D eigenvalue weighted by Gasteiger charge is -2.44. The Morgan fingerprint density at radius 2 is 1.86 bits per heavy atom. The van der Waals surface area contributed by atoms with Crippen LogP contribution in [0.15, 0.2) is 66.7 Å². The average molecular weight is 627 g/mol. The Balaban J connectivity index is 1.65. The fourth-order valence-electron chi connectivity index (χ4n) is 6.24. The van der Waals surface area contributed by atoms with Crippen LogP contribution in [-0.4, -0.2) is 53.3 Å². The van der Waals surface area contributed by atoms with E-state index in [9.17, 15) is 14.7 Å². The van der Waals surface area contributed by atoms with Gasteiger partial charge in [-0.25, -0.2) is 4.79 Å². The van der Waals surface area contributed by atoms with Gasteiger partial charge in [0.2, 0.25) is 5.91 Å². The molecule has 0 aromatic heterocycles. The summed E-state index contributed by atoms with van der Waals surface area (Å²) >= 11 is 12.9. The van der Waals surface area contributed by atoms with Crippen LogP contribution in [0.3, 0.4) is 0 Å². The highest BCUT2D eigenvalue weighted by atomic mass is 35.5. The van der Waals surface area contributed by atoms with Gasteiger partial charge in [-0.3, -0.25) is 4.79 Å². The number of carbonyl (C=O) groups excluding carboxylic acids is 1. The summed E-state index contributed by atoms with van der Waals surface area (Å²) in [6.07, 6.45) is 2.19. The van der Waals surface area contributed by atoms with Crippen LogP contribution in [0.2, 0.25) is 10.0 Å². The summed E-state index contributed by atoms with van der Waals surface area (Å²) in [5.74, 6) is -0.433. The molecule has 1 aliphatic rings. The lowest BCUT2D eigenvalue weighted by Crippen LogP contribution is -2.49. The van der Waals surface area contributed by atoms with Crippen molar-refractivity contribution in [3.63, 3.8) is 0 Å². The Morgan fingerprint density at radius 1 is 1.12 bits per heavy atom. The van der Waals surface area contributed by atoms with Crippen LogP contribution in [0.25, 0.3) is 11.1 Å². The number of amides is 2. The number of nitrogens with two attached hydrogens (primary N) is 1. The van der Waals surface area contributed by atoms with E-state index in [-0.39, 0.29) is 30.7 Å². The number of nitrogens with one attached hydrogen (secondary N) is 1. The number of benzene rings is 3. The van der Waals surface area contributed by atoms with Crippen LogP contribution in [0.1, 0.15) is 61.6 Å². The molecule has 7 nitrogen and oxygen atoms in total. The molecule has 0 aliphatic carbocycles. The quantitative estimate of drug-likeness (QED) is 0.165. The van der Waals surface area contributed by atoms with Crippen molar-refractivity contribution >= 4 is 35.2 Å². The molecule has 5 N–H and O–H groups in total. The van der Waals surface area contributed by atoms with E-state index in [2.05, 4.69) is 24.4 Å². The Bertz CT molecular complexity index is 1400. The number of piperidine rings is 1. The van der Waals surface area contributed by atoms with Gasteiger partial charge in [-0.2, -0.15) is 0 Å². The smallest absolute Gasteiger partial charge is 0.404 e. The van der Waals surface area contributed by atoms with Crippen molar-refractivity contribution in [1.82, 2.24) is 10.2 Å². The van der Waals surface area contributed by atoms with Crippen LogP contribution in [-0.2, 0) is 16.8 Å². The number of rotatable bonds is 12. The zero-order chi connectivity index (χ0) is 31.0. The number of aliphatic hydroxyl groups is 1. The van der Waals surface area contributed by atoms with Crippen molar-refractivity contribution in [2.24, 2.45) is 11.7 Å². The molecule has 1 heterocycles. The molecule has 3 aromatic carbocycles. The maximum atomic E-state index is 13.6. The van der Waals surface area contributed by atoms with Gasteiger partial charge < -0.3 is 26.2 Å². The largest absolute Gasteiger partial charge is 0.465 e. The fourth-order valence-corrected chi connectivity index (χ4v) is 6.65. The normalized spacial score (nSPS) is 17.2. The van der Waals surface area contributed by atoms with Crippen molar-refractivity contribution in [2.45, 2.75) is 57.0 Å². The summed E-state index contributed by atoms with van der Waals surface area (Å²) < 4.78 is 0. The predicted octanol–water partition coefficient (Wildman–Crippen LogP) is 6.83. The van der Waals surface area contributed by atoms with E-state index in [0.29, 0.717) is 54.5 Å². The van der Waals surface area contributed by atoms with Gasteiger partial charge in [0, 0.05) is 53.5 Å². The average Bonchev–Trinajstić information content (AvgIpc) is 3.02. The monoisotopic (exact) mass is 625 g/mol. The maximum Gasteiger partial charge on any atom is 0.404 e. The lowest BCUT2D eigenvalue weighted by atomic mass is 9.72. The molecular formula is C34H41Cl2N3O4. The van der Waals surface area contributed by atoms with Crippen LogP contribution in [0.5, 0.6) is 0 Å². The summed E-state index contributed by atoms with van der Waals surface area (Å²) in [7, 11) is 0. The third kappa shape index (κ3) is 8.09. The van der Waals surface area contributed by atoms with E-state index in [1.807, 2.05) is 47.4 Å². The van der Waals surface area contributed by atoms with Crippen molar-refractivity contribution in [2.75, 3.05) is 26.2 Å². The van der Waals surface area contributed by atoms with Gasteiger partial charge in [0.1, 0.15) is 0 Å². The molecule has 0 bridgehead atoms. The molecule has 0 saturated carbocycles. The lowest BCUT2D eigenvalue weighted by molar-refractivity contribution is -0.137. The highest BCUT2D eigenvalue weighted by Gasteiger charge is 2.43. The molecule has 1 aliphatic heterocycles. The number of likely N-dealkylation sites (tertiary alicyclic amines) is 1. The van der Waals surface area contributed by atoms with Crippen LogP contribution in [0.4, 0.5) is 4.79 Å². The first-order valence-corrected chi connectivity index (χ1v) is 15.7. The molecule has 230 valence electrons. The van der Waals surface area contributed by atoms with Gasteiger partial charge in [-0.1, -0.05) is 78.7 Å². The minimum Gasteiger partial charge on any atom is -0.465 e. The second kappa shape index (κ2) is 15.1. The molecular weight excluding hydrogens is 585 g/mol. The van der Waals surface area contributed by atoms with Gasteiger partial charge in [-0.15, -0.1) is 0 Å². The Labute approximate surface area is 264 Å². The first kappa shape index (κ1) is 32.8. The summed E-state index contributed by atoms with van der Waals surface area (Å²) in [4.78, 5) is 26.6. The Hall–Kier alpha value is -3.10. The SMILES string of the molecule is CCc1cccc(-c2c(Cl)cccc2C(O)(CCCNC(=O)O)C2CCCN(C(=O)CC(CN)c3ccc(Cl)cc3)C2)c1. The zero-order valence-electron chi connectivity index (χ0n) is 24.6. The molecule has 43 heavy (non-hydrogen) atoms. The van der Waals surface area contributed by atoms with Crippen molar-refractivity contribution in [3.8, 4) is 11.1 Å². The van der Waals surface area contributed by atoms with Gasteiger partial charge in [0.25, 0.3) is 0 Å². The van der Waals surface area contributed by atoms with E-state index in [1.54, 1.807) is 12.1 Å². The standard InChI is InChI=1S/C34H41Cl2N3O4/c1-2-23-7-3-8-25(19-23)32-29(10-4-11-30(32)36)34(43,16-6-17-38-33(41)42)27-9-5-18-39(22-27)31(40)20-26(21-37)24-12-14-28(35)15-13-24/h3-4,7-8,10-15,19,26-27,38,43H,2,5-6,9,16-18,20-22,37H2,1H3,(H,41,42). The van der Waals surface area contributed by atoms with Crippen molar-refractivity contribution < 1.29 is 19.8 Å². The molecule has 3 atom stereocenters. The van der Waals surface area contributed by atoms with Crippen LogP contribution in [0, 0.1) is 5.92 Å². The van der Waals surface area contributed by atoms with E-state index in [0.717, 1.165) is 35.1 Å². The number of hydrogen-bond donors (Lipinski definition) is 4. The summed E-state index contributed by atoms with van der Waals surface area (Å²) in [6.45, 7) is 3.60. The third-order valence-electron chi connectivity index (χ3n) is 8.61. The van der Waals surface area contributed by atoms with Gasteiger partial charge in [-0.05, 0) is 79.1 Å². The molecule has 3 aromatic rings. The highest BCUT2D eigenvalue weighted by molar-refractivity contribution is 6.33. The third-order valence-corrected chi connectivity index (χ3v) is 9.18. The summed E-state index contributed by atoms with van der Waals surface area (Å²) in [5.41, 5.74) is 9.23. The zero-order valence-corrected chi connectivity index (χ0v) is 26.1. The number of nitrogens with zero attached hydrogens (tertiary/aromatic N) is 1. The van der Waals surface area contributed by atoms with Gasteiger partial charge in [0.05, 0.1) is 5.60 Å². The first-order chi connectivity index (χ1) is 20.7. The molecule has 9 heteroatoms. The number of halogens is 2. The first-order valence-electron chi connectivity index (χ1n) is 15.0. The number of hydrogen-bond acceptors (Lipinski definition) is 4. The van der Waals surface area contributed by atoms with Gasteiger partial charge >= 0.3 is 6.09 Å². The second-order valence-electron chi connectivity index (χ2n) is 11.3. The minimum absolute atomic E-state index is 0.00745. The van der Waals surface area contributed by atoms with E-state index in [4.69, 9.17) is 34.0 Å². The highest BCUT2D eigenvalue weighted by Crippen LogP contribution is 2.46. The van der Waals surface area contributed by atoms with E-state index < -0.39 is 11.7 Å². The van der Waals surface area contributed by atoms with E-state index >= 15 is 0 Å². The molecule has 2 amide bonds. The maximum absolute atomic E-state index is 13.6. The topological polar surface area (TPSA) is 116 Å². The molecule has 1 fully saturated rings. The molecule has 3 unspecified atom stereocenters. The molecule has 4 rings (SSSR count). The van der Waals surface area contributed by atoms with Crippen LogP contribution < -0.4 is 11.1 Å². The second-order valence-corrected chi connectivity index (χ2v) is 12.2. The number of aryl methyl sites for hydroxylation is 1. The van der Waals surface area contributed by atoms with Crippen LogP contribution >= 0.6 is 23.2 Å². The van der Waals surface area contributed by atoms with E-state index in [1.165, 1.54) is 0 Å². The Morgan fingerprint density at radius 3 is 2.56 bits per heavy atom. The molecule has 0 spiro atoms. The Kier molecular flexibility index (Phi) is 11.5. The summed E-state index contributed by atoms with van der Waals surface area (Å²) in [5, 5.41) is 25.4. The van der Waals surface area contributed by atoms with Gasteiger partial charge in [0.15, 0.2) is 0 Å². The fraction of sp³-hybridized carbons (Fsp3) is 0.412. The van der Waals surface area contributed by atoms with Crippen molar-refractivity contribution in [3.05, 3.63) is 93.5 Å². The van der Waals surface area contributed by atoms with Crippen molar-refractivity contribution in [1.29, 1.82) is 0 Å². The molecule has 0 radical (unpaired) electrons. The minimum atomic E-state index is -1.36. The molecule has 1 saturated heterocycles.